The summed E-state index contributed by atoms with van der Waals surface area (Å²) in [6, 6.07) is 12.3. The zero-order valence-corrected chi connectivity index (χ0v) is 20.1. The minimum Gasteiger partial charge on any atom is -0.488 e. The van der Waals surface area contributed by atoms with Gasteiger partial charge < -0.3 is 25.0 Å². The zero-order chi connectivity index (χ0) is 23.9. The standard InChI is InChI=1S/C27H35NO5/c1-15-9-10-18(11-16(15)2)12-27(4,5)28-13-19(29)14-32-17(3)20-7-6-8-21-22-23(26(30)31)25(22)33-24(20)21/h6-11,17,19,22-23,25,28-29H,12-14H2,1-5H3,(H,30,31)/t17-,19-,22-,23-,25-/m1/s1. The summed E-state index contributed by atoms with van der Waals surface area (Å²) in [5.41, 5.74) is 5.55. The molecule has 1 saturated carbocycles. The fourth-order valence-electron chi connectivity index (χ4n) is 4.81. The van der Waals surface area contributed by atoms with Crippen LogP contribution >= 0.6 is 0 Å². The first-order valence-electron chi connectivity index (χ1n) is 11.7. The fourth-order valence-corrected chi connectivity index (χ4v) is 4.81. The van der Waals surface area contributed by atoms with Gasteiger partial charge in [-0.2, -0.15) is 0 Å². The Morgan fingerprint density at radius 3 is 2.67 bits per heavy atom. The highest BCUT2D eigenvalue weighted by Gasteiger charge is 2.63. The number of fused-ring (bicyclic) bond motifs is 3. The molecule has 178 valence electrons. The van der Waals surface area contributed by atoms with Gasteiger partial charge in [-0.25, -0.2) is 0 Å². The van der Waals surface area contributed by atoms with E-state index in [1.54, 1.807) is 0 Å². The van der Waals surface area contributed by atoms with Crippen LogP contribution < -0.4 is 10.1 Å². The lowest BCUT2D eigenvalue weighted by Crippen LogP contribution is -2.46. The van der Waals surface area contributed by atoms with Gasteiger partial charge in [0.15, 0.2) is 0 Å². The van der Waals surface area contributed by atoms with Crippen molar-refractivity contribution < 1.29 is 24.5 Å². The quantitative estimate of drug-likeness (QED) is 0.506. The third-order valence-corrected chi connectivity index (χ3v) is 6.94. The van der Waals surface area contributed by atoms with Gasteiger partial charge in [0.25, 0.3) is 0 Å². The molecule has 0 aromatic heterocycles. The van der Waals surface area contributed by atoms with E-state index in [1.807, 2.05) is 25.1 Å². The van der Waals surface area contributed by atoms with E-state index in [0.717, 1.165) is 23.3 Å². The molecular weight excluding hydrogens is 418 g/mol. The molecular formula is C27H35NO5. The molecule has 5 atom stereocenters. The van der Waals surface area contributed by atoms with Gasteiger partial charge in [-0.1, -0.05) is 36.4 Å². The van der Waals surface area contributed by atoms with Crippen LogP contribution in [0.1, 0.15) is 60.6 Å². The van der Waals surface area contributed by atoms with Crippen molar-refractivity contribution in [2.45, 2.75) is 70.8 Å². The molecule has 2 aromatic rings. The Bertz CT molecular complexity index is 1030. The lowest BCUT2D eigenvalue weighted by atomic mass is 9.93. The minimum atomic E-state index is -0.804. The van der Waals surface area contributed by atoms with Gasteiger partial charge in [-0.05, 0) is 57.7 Å². The Morgan fingerprint density at radius 1 is 1.21 bits per heavy atom. The van der Waals surface area contributed by atoms with Crippen LogP contribution in [0.5, 0.6) is 5.75 Å². The molecule has 0 bridgehead atoms. The SMILES string of the molecule is Cc1ccc(CC(C)(C)NC[C@@H](O)CO[C@H](C)c2cccc3c2O[C@H]2[C@H](C(=O)O)[C@@H]32)cc1C. The third-order valence-electron chi connectivity index (χ3n) is 6.94. The second-order valence-electron chi connectivity index (χ2n) is 10.2. The first-order chi connectivity index (χ1) is 15.6. The zero-order valence-electron chi connectivity index (χ0n) is 20.1. The van der Waals surface area contributed by atoms with Crippen LogP contribution in [0.25, 0.3) is 0 Å². The van der Waals surface area contributed by atoms with E-state index >= 15 is 0 Å². The van der Waals surface area contributed by atoms with Crippen molar-refractivity contribution in [2.24, 2.45) is 5.92 Å². The molecule has 33 heavy (non-hydrogen) atoms. The molecule has 1 fully saturated rings. The fraction of sp³-hybridized carbons (Fsp3) is 0.519. The average molecular weight is 454 g/mol. The van der Waals surface area contributed by atoms with Gasteiger partial charge in [-0.3, -0.25) is 4.79 Å². The topological polar surface area (TPSA) is 88.0 Å². The predicted octanol–water partition coefficient (Wildman–Crippen LogP) is 3.91. The van der Waals surface area contributed by atoms with Crippen LogP contribution in [-0.4, -0.2) is 47.1 Å². The van der Waals surface area contributed by atoms with Crippen LogP contribution in [0.4, 0.5) is 0 Å². The molecule has 3 N–H and O–H groups in total. The van der Waals surface area contributed by atoms with Gasteiger partial charge in [-0.15, -0.1) is 0 Å². The second-order valence-corrected chi connectivity index (χ2v) is 10.2. The summed E-state index contributed by atoms with van der Waals surface area (Å²) in [6.45, 7) is 11.1. The number of ether oxygens (including phenoxy) is 2. The summed E-state index contributed by atoms with van der Waals surface area (Å²) >= 11 is 0. The summed E-state index contributed by atoms with van der Waals surface area (Å²) in [5.74, 6) is -0.552. The number of nitrogens with one attached hydrogen (secondary N) is 1. The number of aryl methyl sites for hydroxylation is 2. The molecule has 6 heteroatoms. The normalized spacial score (nSPS) is 22.8. The number of aliphatic carboxylic acids is 1. The monoisotopic (exact) mass is 453 g/mol. The maximum absolute atomic E-state index is 11.3. The molecule has 0 spiro atoms. The van der Waals surface area contributed by atoms with Gasteiger partial charge in [0.1, 0.15) is 17.8 Å². The Balaban J connectivity index is 1.27. The van der Waals surface area contributed by atoms with E-state index in [0.29, 0.717) is 6.54 Å². The summed E-state index contributed by atoms with van der Waals surface area (Å²) in [4.78, 5) is 11.3. The summed E-state index contributed by atoms with van der Waals surface area (Å²) < 4.78 is 11.9. The number of aliphatic hydroxyl groups excluding tert-OH is 1. The maximum atomic E-state index is 11.3. The number of carboxylic acids is 1. The smallest absolute Gasteiger partial charge is 0.311 e. The Hall–Kier alpha value is -2.41. The molecule has 1 aliphatic heterocycles. The van der Waals surface area contributed by atoms with Crippen molar-refractivity contribution in [3.05, 3.63) is 64.2 Å². The van der Waals surface area contributed by atoms with E-state index < -0.39 is 18.0 Å². The van der Waals surface area contributed by atoms with Gasteiger partial charge in [0, 0.05) is 29.1 Å². The Kier molecular flexibility index (Phi) is 6.54. The van der Waals surface area contributed by atoms with Crippen LogP contribution in [0.2, 0.25) is 0 Å². The first-order valence-corrected chi connectivity index (χ1v) is 11.7. The van der Waals surface area contributed by atoms with E-state index in [2.05, 4.69) is 51.2 Å². The van der Waals surface area contributed by atoms with Gasteiger partial charge >= 0.3 is 5.97 Å². The summed E-state index contributed by atoms with van der Waals surface area (Å²) in [6.07, 6.45) is -0.307. The maximum Gasteiger partial charge on any atom is 0.311 e. The highest BCUT2D eigenvalue weighted by molar-refractivity contribution is 5.79. The average Bonchev–Trinajstić information content (AvgIpc) is 3.35. The van der Waals surface area contributed by atoms with Crippen LogP contribution in [-0.2, 0) is 16.0 Å². The number of hydrogen-bond donors (Lipinski definition) is 3. The molecule has 6 nitrogen and oxygen atoms in total. The largest absolute Gasteiger partial charge is 0.488 e. The first kappa shape index (κ1) is 23.7. The molecule has 1 heterocycles. The molecule has 0 saturated heterocycles. The van der Waals surface area contributed by atoms with Gasteiger partial charge in [0.05, 0.1) is 18.8 Å². The summed E-state index contributed by atoms with van der Waals surface area (Å²) in [5, 5.41) is 23.3. The van der Waals surface area contributed by atoms with Crippen molar-refractivity contribution in [2.75, 3.05) is 13.2 Å². The minimum absolute atomic E-state index is 0.0565. The Labute approximate surface area is 195 Å². The highest BCUT2D eigenvalue weighted by Crippen LogP contribution is 2.59. The molecule has 0 amide bonds. The van der Waals surface area contributed by atoms with Crippen molar-refractivity contribution in [1.29, 1.82) is 0 Å². The molecule has 2 aromatic carbocycles. The molecule has 0 radical (unpaired) electrons. The molecule has 1 aliphatic carbocycles. The lowest BCUT2D eigenvalue weighted by molar-refractivity contribution is -0.139. The predicted molar refractivity (Wildman–Crippen MR) is 127 cm³/mol. The molecule has 4 rings (SSSR count). The van der Waals surface area contributed by atoms with Crippen molar-refractivity contribution >= 4 is 5.97 Å². The number of aliphatic hydroxyl groups is 1. The summed E-state index contributed by atoms with van der Waals surface area (Å²) in [7, 11) is 0. The number of benzene rings is 2. The number of carboxylic acid groups (broad SMARTS) is 1. The molecule has 0 unspecified atom stereocenters. The van der Waals surface area contributed by atoms with Crippen molar-refractivity contribution in [3.63, 3.8) is 0 Å². The van der Waals surface area contributed by atoms with E-state index in [9.17, 15) is 15.0 Å². The second kappa shape index (κ2) is 9.09. The van der Waals surface area contributed by atoms with Crippen molar-refractivity contribution in [1.82, 2.24) is 5.32 Å². The number of para-hydroxylation sites is 1. The van der Waals surface area contributed by atoms with E-state index in [1.165, 1.54) is 16.7 Å². The van der Waals surface area contributed by atoms with Gasteiger partial charge in [0.2, 0.25) is 0 Å². The van der Waals surface area contributed by atoms with E-state index in [-0.39, 0.29) is 30.3 Å². The molecule has 2 aliphatic rings. The van der Waals surface area contributed by atoms with Crippen LogP contribution in [0.3, 0.4) is 0 Å². The Morgan fingerprint density at radius 2 is 1.97 bits per heavy atom. The van der Waals surface area contributed by atoms with Crippen LogP contribution in [0, 0.1) is 19.8 Å². The van der Waals surface area contributed by atoms with Crippen LogP contribution in [0.15, 0.2) is 36.4 Å². The third kappa shape index (κ3) is 5.08. The lowest BCUT2D eigenvalue weighted by Gasteiger charge is -2.28. The highest BCUT2D eigenvalue weighted by atomic mass is 16.5. The number of carbonyl (C=O) groups is 1. The van der Waals surface area contributed by atoms with Crippen molar-refractivity contribution in [3.8, 4) is 5.75 Å². The van der Waals surface area contributed by atoms with E-state index in [4.69, 9.17) is 9.47 Å². The number of rotatable bonds is 10. The number of β-amino-alcohol motifs (C(OH)–C–C–N with tert-alkyl or cyclic N) is 1. The number of hydrogen-bond acceptors (Lipinski definition) is 5.